The number of nitrogens with zero attached hydrogens (tertiary/aromatic N) is 3. The Labute approximate surface area is 240 Å². The van der Waals surface area contributed by atoms with Gasteiger partial charge < -0.3 is 25.1 Å². The summed E-state index contributed by atoms with van der Waals surface area (Å²) in [5.41, 5.74) is 11.6. The lowest BCUT2D eigenvalue weighted by Crippen LogP contribution is -2.36. The average molecular weight is 562 g/mol. The molecular weight excluding hydrogens is 526 g/mol. The molecule has 0 aliphatic heterocycles. The standard InChI is InChI=1S/C31H36ClN5O3/c1-19(2)40-26-13-12-24(30(33)39)28(29(26)32)23(16-34-27(38)18-36(4)5)15-21-8-10-22(11-9-21)25-17-37-14-6-7-20(3)31(37)35-25/h6-14,17,19,23H,15-16,18H2,1-5H3,(H2,33,39)(H,34,38). The number of hydrogen-bond donors (Lipinski definition) is 2. The van der Waals surface area contributed by atoms with E-state index in [2.05, 4.69) is 5.32 Å². The van der Waals surface area contributed by atoms with Crippen LogP contribution in [-0.2, 0) is 11.2 Å². The number of primary amides is 1. The van der Waals surface area contributed by atoms with E-state index >= 15 is 0 Å². The molecule has 3 N–H and O–H groups in total. The van der Waals surface area contributed by atoms with Crippen molar-refractivity contribution in [2.24, 2.45) is 5.73 Å². The van der Waals surface area contributed by atoms with Crippen molar-refractivity contribution in [2.75, 3.05) is 27.2 Å². The minimum Gasteiger partial charge on any atom is -0.489 e. The van der Waals surface area contributed by atoms with Crippen molar-refractivity contribution in [3.05, 3.63) is 88.2 Å². The molecule has 2 aromatic heterocycles. The molecule has 0 saturated carbocycles. The van der Waals surface area contributed by atoms with Crippen LogP contribution in [0.3, 0.4) is 0 Å². The highest BCUT2D eigenvalue weighted by atomic mass is 35.5. The number of benzene rings is 2. The van der Waals surface area contributed by atoms with E-state index in [4.69, 9.17) is 27.1 Å². The normalized spacial score (nSPS) is 12.2. The highest BCUT2D eigenvalue weighted by molar-refractivity contribution is 6.33. The van der Waals surface area contributed by atoms with Gasteiger partial charge in [0.1, 0.15) is 11.4 Å². The molecular formula is C31H36ClN5O3. The number of nitrogens with one attached hydrogen (secondary N) is 1. The third-order valence-electron chi connectivity index (χ3n) is 6.60. The first-order valence-corrected chi connectivity index (χ1v) is 13.6. The van der Waals surface area contributed by atoms with Gasteiger partial charge in [0, 0.05) is 36.0 Å². The number of likely N-dealkylation sites (N-methyl/N-ethyl adjacent to an activating group) is 1. The summed E-state index contributed by atoms with van der Waals surface area (Å²) in [5.74, 6) is -0.576. The molecule has 1 atom stereocenters. The molecule has 2 amide bonds. The number of halogens is 1. The Balaban J connectivity index is 1.68. The van der Waals surface area contributed by atoms with Crippen molar-refractivity contribution in [1.82, 2.24) is 19.6 Å². The Bertz CT molecular complexity index is 1510. The summed E-state index contributed by atoms with van der Waals surface area (Å²) < 4.78 is 7.93. The van der Waals surface area contributed by atoms with Gasteiger partial charge in [0.15, 0.2) is 0 Å². The van der Waals surface area contributed by atoms with E-state index in [9.17, 15) is 9.59 Å². The van der Waals surface area contributed by atoms with Crippen LogP contribution in [0.4, 0.5) is 0 Å². The minimum absolute atomic E-state index is 0.112. The predicted octanol–water partition coefficient (Wildman–Crippen LogP) is 4.85. The van der Waals surface area contributed by atoms with E-state index in [0.29, 0.717) is 28.3 Å². The van der Waals surface area contributed by atoms with Crippen molar-refractivity contribution in [3.63, 3.8) is 0 Å². The summed E-state index contributed by atoms with van der Waals surface area (Å²) in [6.07, 6.45) is 4.40. The summed E-state index contributed by atoms with van der Waals surface area (Å²) in [7, 11) is 3.66. The number of aromatic nitrogens is 2. The largest absolute Gasteiger partial charge is 0.489 e. The number of carbonyl (C=O) groups is 2. The lowest BCUT2D eigenvalue weighted by Gasteiger charge is -2.24. The number of hydrogen-bond acceptors (Lipinski definition) is 5. The number of aryl methyl sites for hydroxylation is 1. The second-order valence-corrected chi connectivity index (χ2v) is 10.9. The maximum Gasteiger partial charge on any atom is 0.249 e. The van der Waals surface area contributed by atoms with Crippen molar-refractivity contribution < 1.29 is 14.3 Å². The van der Waals surface area contributed by atoms with Crippen molar-refractivity contribution in [1.29, 1.82) is 0 Å². The summed E-state index contributed by atoms with van der Waals surface area (Å²) in [5, 5.41) is 3.33. The van der Waals surface area contributed by atoms with Gasteiger partial charge in [-0.15, -0.1) is 0 Å². The molecule has 2 heterocycles. The first-order valence-electron chi connectivity index (χ1n) is 13.3. The second kappa shape index (κ2) is 12.5. The van der Waals surface area contributed by atoms with Crippen molar-refractivity contribution >= 4 is 29.1 Å². The molecule has 0 fully saturated rings. The molecule has 0 aliphatic rings. The Kier molecular flexibility index (Phi) is 9.12. The summed E-state index contributed by atoms with van der Waals surface area (Å²) in [6, 6.07) is 15.5. The summed E-state index contributed by atoms with van der Waals surface area (Å²) >= 11 is 6.86. The molecule has 2 aromatic carbocycles. The number of imidazole rings is 1. The first kappa shape index (κ1) is 29.1. The smallest absolute Gasteiger partial charge is 0.249 e. The number of fused-ring (bicyclic) bond motifs is 1. The van der Waals surface area contributed by atoms with Crippen LogP contribution in [0.2, 0.25) is 5.02 Å². The quantitative estimate of drug-likeness (QED) is 0.272. The van der Waals surface area contributed by atoms with E-state index < -0.39 is 5.91 Å². The number of ether oxygens (including phenoxy) is 1. The first-order chi connectivity index (χ1) is 19.0. The second-order valence-electron chi connectivity index (χ2n) is 10.6. The van der Waals surface area contributed by atoms with Crippen LogP contribution in [0, 0.1) is 6.92 Å². The van der Waals surface area contributed by atoms with Gasteiger partial charge in [-0.2, -0.15) is 0 Å². The third-order valence-corrected chi connectivity index (χ3v) is 6.99. The van der Waals surface area contributed by atoms with Crippen LogP contribution in [-0.4, -0.2) is 59.4 Å². The third kappa shape index (κ3) is 6.81. The number of rotatable bonds is 11. The van der Waals surface area contributed by atoms with Gasteiger partial charge in [-0.25, -0.2) is 4.98 Å². The van der Waals surface area contributed by atoms with Crippen molar-refractivity contribution in [2.45, 2.75) is 39.2 Å². The number of pyridine rings is 1. The maximum atomic E-state index is 12.5. The molecule has 0 aliphatic carbocycles. The zero-order valence-corrected chi connectivity index (χ0v) is 24.3. The molecule has 0 spiro atoms. The van der Waals surface area contributed by atoms with E-state index in [0.717, 1.165) is 28.0 Å². The highest BCUT2D eigenvalue weighted by Crippen LogP contribution is 2.38. The van der Waals surface area contributed by atoms with Crippen LogP contribution in [0.25, 0.3) is 16.9 Å². The Hall–Kier alpha value is -3.88. The van der Waals surface area contributed by atoms with Crippen LogP contribution >= 0.6 is 11.6 Å². The molecule has 4 aromatic rings. The number of nitrogens with two attached hydrogens (primary N) is 1. The molecule has 4 rings (SSSR count). The molecule has 1 unspecified atom stereocenters. The molecule has 0 saturated heterocycles. The van der Waals surface area contributed by atoms with Crippen LogP contribution in [0.5, 0.6) is 5.75 Å². The van der Waals surface area contributed by atoms with Crippen molar-refractivity contribution in [3.8, 4) is 17.0 Å². The Morgan fingerprint density at radius 3 is 2.48 bits per heavy atom. The lowest BCUT2D eigenvalue weighted by atomic mass is 9.87. The van der Waals surface area contributed by atoms with E-state index in [-0.39, 0.29) is 31.0 Å². The fraction of sp³-hybridized carbons (Fsp3) is 0.323. The fourth-order valence-electron chi connectivity index (χ4n) is 4.78. The topological polar surface area (TPSA) is 102 Å². The molecule has 8 nitrogen and oxygen atoms in total. The lowest BCUT2D eigenvalue weighted by molar-refractivity contribution is -0.121. The zero-order chi connectivity index (χ0) is 29.0. The SMILES string of the molecule is Cc1cccn2cc(-c3ccc(CC(CNC(=O)CN(C)C)c4c(C(N)=O)ccc(OC(C)C)c4Cl)cc3)nc12. The summed E-state index contributed by atoms with van der Waals surface area (Å²) in [6.45, 7) is 6.36. The van der Waals surface area contributed by atoms with Gasteiger partial charge in [-0.1, -0.05) is 41.9 Å². The average Bonchev–Trinajstić information content (AvgIpc) is 3.33. The van der Waals surface area contributed by atoms with E-state index in [1.54, 1.807) is 17.0 Å². The van der Waals surface area contributed by atoms with Gasteiger partial charge >= 0.3 is 0 Å². The van der Waals surface area contributed by atoms with Gasteiger partial charge in [0.2, 0.25) is 11.8 Å². The molecule has 40 heavy (non-hydrogen) atoms. The van der Waals surface area contributed by atoms with Gasteiger partial charge in [-0.05, 0) is 76.2 Å². The predicted molar refractivity (Wildman–Crippen MR) is 159 cm³/mol. The molecule has 210 valence electrons. The Morgan fingerprint density at radius 2 is 1.85 bits per heavy atom. The molecule has 0 bridgehead atoms. The summed E-state index contributed by atoms with van der Waals surface area (Å²) in [4.78, 5) is 31.6. The van der Waals surface area contributed by atoms with Crippen LogP contribution in [0.15, 0.2) is 60.9 Å². The number of carbonyl (C=O) groups excluding carboxylic acids is 2. The number of amides is 2. The molecule has 0 radical (unpaired) electrons. The van der Waals surface area contributed by atoms with Gasteiger partial charge in [0.05, 0.1) is 23.4 Å². The van der Waals surface area contributed by atoms with E-state index in [1.807, 2.05) is 88.1 Å². The van der Waals surface area contributed by atoms with Crippen LogP contribution in [0.1, 0.15) is 46.8 Å². The minimum atomic E-state index is -0.588. The van der Waals surface area contributed by atoms with E-state index in [1.165, 1.54) is 0 Å². The maximum absolute atomic E-state index is 12.5. The van der Waals surface area contributed by atoms with Crippen LogP contribution < -0.4 is 15.8 Å². The molecule has 9 heteroatoms. The monoisotopic (exact) mass is 561 g/mol. The Morgan fingerprint density at radius 1 is 1.12 bits per heavy atom. The highest BCUT2D eigenvalue weighted by Gasteiger charge is 2.25. The fourth-order valence-corrected chi connectivity index (χ4v) is 5.14. The van der Waals surface area contributed by atoms with Gasteiger partial charge in [-0.3, -0.25) is 9.59 Å². The van der Waals surface area contributed by atoms with Gasteiger partial charge in [0.25, 0.3) is 0 Å². The zero-order valence-electron chi connectivity index (χ0n) is 23.6.